The van der Waals surface area contributed by atoms with Gasteiger partial charge in [-0.1, -0.05) is 34.1 Å². The maximum atomic E-state index is 13.7. The summed E-state index contributed by atoms with van der Waals surface area (Å²) in [6.45, 7) is 0. The summed E-state index contributed by atoms with van der Waals surface area (Å²) < 4.78 is 51.9. The third-order valence-electron chi connectivity index (χ3n) is 4.20. The van der Waals surface area contributed by atoms with E-state index in [4.69, 9.17) is 9.47 Å². The van der Waals surface area contributed by atoms with E-state index in [0.717, 1.165) is 25.0 Å². The van der Waals surface area contributed by atoms with Gasteiger partial charge in [0.25, 0.3) is 0 Å². The van der Waals surface area contributed by atoms with Crippen molar-refractivity contribution in [2.75, 3.05) is 14.2 Å². The Kier molecular flexibility index (Phi) is 5.97. The number of nitrogens with zero attached hydrogens (tertiary/aromatic N) is 2. The third kappa shape index (κ3) is 3.95. The van der Waals surface area contributed by atoms with Crippen LogP contribution in [0, 0.1) is 0 Å². The Balaban J connectivity index is 2.45. The molecular formula is C20H14BrF3N2O4. The summed E-state index contributed by atoms with van der Waals surface area (Å²) >= 11 is 3.14. The Morgan fingerprint density at radius 2 is 1.63 bits per heavy atom. The minimum Gasteiger partial charge on any atom is -0.465 e. The van der Waals surface area contributed by atoms with Gasteiger partial charge in [-0.25, -0.2) is 14.3 Å². The molecule has 156 valence electrons. The van der Waals surface area contributed by atoms with Crippen LogP contribution in [-0.2, 0) is 15.7 Å². The van der Waals surface area contributed by atoms with Gasteiger partial charge in [0.1, 0.15) is 11.3 Å². The van der Waals surface area contributed by atoms with E-state index in [1.165, 1.54) is 12.1 Å². The molecule has 3 rings (SSSR count). The monoisotopic (exact) mass is 482 g/mol. The summed E-state index contributed by atoms with van der Waals surface area (Å²) in [5.41, 5.74) is -2.21. The van der Waals surface area contributed by atoms with Crippen LogP contribution in [0.5, 0.6) is 0 Å². The number of halogens is 4. The molecule has 0 aliphatic rings. The first-order valence-electron chi connectivity index (χ1n) is 8.41. The van der Waals surface area contributed by atoms with Crippen molar-refractivity contribution in [2.24, 2.45) is 0 Å². The lowest BCUT2D eigenvalue weighted by Gasteiger charge is -2.12. The number of rotatable bonds is 4. The highest BCUT2D eigenvalue weighted by molar-refractivity contribution is 9.10. The molecule has 3 aromatic rings. The SMILES string of the molecule is COC(=O)c1c(-c2cc(Br)ccc2C(F)(F)F)nn(-c2ccccc2)c1C(=O)OC. The van der Waals surface area contributed by atoms with Gasteiger partial charge < -0.3 is 9.47 Å². The minimum atomic E-state index is -4.73. The highest BCUT2D eigenvalue weighted by Crippen LogP contribution is 2.40. The molecule has 0 aliphatic heterocycles. The maximum absolute atomic E-state index is 13.7. The number of alkyl halides is 3. The molecule has 0 amide bonds. The second kappa shape index (κ2) is 8.31. The van der Waals surface area contributed by atoms with Gasteiger partial charge in [0.05, 0.1) is 25.5 Å². The largest absolute Gasteiger partial charge is 0.465 e. The molecule has 1 heterocycles. The minimum absolute atomic E-state index is 0.329. The molecule has 0 saturated heterocycles. The molecule has 30 heavy (non-hydrogen) atoms. The fraction of sp³-hybridized carbons (Fsp3) is 0.150. The van der Waals surface area contributed by atoms with Gasteiger partial charge >= 0.3 is 18.1 Å². The van der Waals surface area contributed by atoms with E-state index < -0.39 is 34.8 Å². The van der Waals surface area contributed by atoms with Crippen molar-refractivity contribution in [1.82, 2.24) is 9.78 Å². The molecule has 1 aromatic heterocycles. The Morgan fingerprint density at radius 1 is 1.00 bits per heavy atom. The van der Waals surface area contributed by atoms with Crippen LogP contribution < -0.4 is 0 Å². The number of aromatic nitrogens is 2. The standard InChI is InChI=1S/C20H14BrF3N2O4/c1-29-18(27)15-16(13-10-11(21)8-9-14(13)20(22,23)24)25-26(17(15)19(28)30-2)12-6-4-3-5-7-12/h3-10H,1-2H3. The van der Waals surface area contributed by atoms with Crippen molar-refractivity contribution < 1.29 is 32.2 Å². The first-order valence-corrected chi connectivity index (χ1v) is 9.20. The second-order valence-electron chi connectivity index (χ2n) is 5.99. The number of hydrogen-bond acceptors (Lipinski definition) is 5. The average molecular weight is 483 g/mol. The van der Waals surface area contributed by atoms with Gasteiger partial charge in [0.2, 0.25) is 0 Å². The molecule has 0 fully saturated rings. The van der Waals surface area contributed by atoms with E-state index in [0.29, 0.717) is 10.2 Å². The van der Waals surface area contributed by atoms with Crippen LogP contribution in [0.1, 0.15) is 26.4 Å². The number of carbonyl (C=O) groups is 2. The summed E-state index contributed by atoms with van der Waals surface area (Å²) in [6.07, 6.45) is -4.73. The van der Waals surface area contributed by atoms with Crippen molar-refractivity contribution in [3.8, 4) is 16.9 Å². The maximum Gasteiger partial charge on any atom is 0.417 e. The summed E-state index contributed by atoms with van der Waals surface area (Å²) in [4.78, 5) is 25.1. The van der Waals surface area contributed by atoms with Crippen LogP contribution in [0.15, 0.2) is 53.0 Å². The van der Waals surface area contributed by atoms with Gasteiger partial charge in [-0.15, -0.1) is 0 Å². The molecule has 0 N–H and O–H groups in total. The Bertz CT molecular complexity index is 1110. The predicted molar refractivity (Wildman–Crippen MR) is 104 cm³/mol. The Hall–Kier alpha value is -3.14. The lowest BCUT2D eigenvalue weighted by molar-refractivity contribution is -0.137. The van der Waals surface area contributed by atoms with E-state index in [1.807, 2.05) is 0 Å². The zero-order valence-electron chi connectivity index (χ0n) is 15.7. The van der Waals surface area contributed by atoms with Crippen LogP contribution >= 0.6 is 15.9 Å². The van der Waals surface area contributed by atoms with Crippen LogP contribution in [0.25, 0.3) is 16.9 Å². The Labute approximate surface area is 177 Å². The number of hydrogen-bond donors (Lipinski definition) is 0. The number of carbonyl (C=O) groups excluding carboxylic acids is 2. The molecule has 10 heteroatoms. The molecule has 0 radical (unpaired) electrons. The lowest BCUT2D eigenvalue weighted by Crippen LogP contribution is -2.15. The van der Waals surface area contributed by atoms with Crippen LogP contribution in [0.3, 0.4) is 0 Å². The molecule has 0 spiro atoms. The summed E-state index contributed by atoms with van der Waals surface area (Å²) in [5, 5.41) is 4.20. The van der Waals surface area contributed by atoms with E-state index >= 15 is 0 Å². The van der Waals surface area contributed by atoms with Crippen molar-refractivity contribution in [3.05, 3.63) is 69.8 Å². The molecule has 6 nitrogen and oxygen atoms in total. The summed E-state index contributed by atoms with van der Waals surface area (Å²) in [6, 6.07) is 11.4. The van der Waals surface area contributed by atoms with E-state index in [-0.39, 0.29) is 11.4 Å². The number of methoxy groups -OCH3 is 2. The van der Waals surface area contributed by atoms with Gasteiger partial charge in [0.15, 0.2) is 5.69 Å². The zero-order valence-corrected chi connectivity index (χ0v) is 17.2. The van der Waals surface area contributed by atoms with Crippen molar-refractivity contribution in [3.63, 3.8) is 0 Å². The molecule has 2 aromatic carbocycles. The fourth-order valence-corrected chi connectivity index (χ4v) is 3.26. The van der Waals surface area contributed by atoms with E-state index in [2.05, 4.69) is 21.0 Å². The van der Waals surface area contributed by atoms with Crippen molar-refractivity contribution >= 4 is 27.9 Å². The van der Waals surface area contributed by atoms with Crippen molar-refractivity contribution in [1.29, 1.82) is 0 Å². The third-order valence-corrected chi connectivity index (χ3v) is 4.69. The molecule has 0 atom stereocenters. The normalized spacial score (nSPS) is 11.3. The second-order valence-corrected chi connectivity index (χ2v) is 6.91. The van der Waals surface area contributed by atoms with E-state index in [9.17, 15) is 22.8 Å². The van der Waals surface area contributed by atoms with Gasteiger partial charge in [-0.3, -0.25) is 0 Å². The molecule has 0 aliphatic carbocycles. The number of esters is 2. The molecule has 0 unspecified atom stereocenters. The number of para-hydroxylation sites is 1. The average Bonchev–Trinajstić information content (AvgIpc) is 3.12. The van der Waals surface area contributed by atoms with E-state index in [1.54, 1.807) is 30.3 Å². The van der Waals surface area contributed by atoms with Crippen LogP contribution in [0.2, 0.25) is 0 Å². The highest BCUT2D eigenvalue weighted by Gasteiger charge is 2.38. The fourth-order valence-electron chi connectivity index (χ4n) is 2.90. The zero-order chi connectivity index (χ0) is 22.1. The lowest BCUT2D eigenvalue weighted by atomic mass is 10.00. The topological polar surface area (TPSA) is 70.4 Å². The van der Waals surface area contributed by atoms with Gasteiger partial charge in [-0.05, 0) is 30.3 Å². The Morgan fingerprint density at radius 3 is 2.20 bits per heavy atom. The van der Waals surface area contributed by atoms with Crippen LogP contribution in [-0.4, -0.2) is 35.9 Å². The van der Waals surface area contributed by atoms with Crippen molar-refractivity contribution in [2.45, 2.75) is 6.18 Å². The summed E-state index contributed by atoms with van der Waals surface area (Å²) in [7, 11) is 2.14. The first-order chi connectivity index (χ1) is 14.2. The molecule has 0 bridgehead atoms. The smallest absolute Gasteiger partial charge is 0.417 e. The molecule has 0 saturated carbocycles. The summed E-state index contributed by atoms with van der Waals surface area (Å²) in [5.74, 6) is -1.98. The highest BCUT2D eigenvalue weighted by atomic mass is 79.9. The number of benzene rings is 2. The van der Waals surface area contributed by atoms with Crippen LogP contribution in [0.4, 0.5) is 13.2 Å². The van der Waals surface area contributed by atoms with Gasteiger partial charge in [0, 0.05) is 10.0 Å². The quantitative estimate of drug-likeness (QED) is 0.495. The molecular weight excluding hydrogens is 469 g/mol. The van der Waals surface area contributed by atoms with Gasteiger partial charge in [-0.2, -0.15) is 18.3 Å². The number of ether oxygens (including phenoxy) is 2. The first kappa shape index (κ1) is 21.6. The predicted octanol–water partition coefficient (Wildman–Crippen LogP) is 4.89.